The Kier molecular flexibility index (Phi) is 28.8. The standard InChI is InChI=1S/C2H7N.H3N/c1-3-2;/h3H,1-2H3;1H3. The molecule has 0 aromatic heterocycles. The average molecular weight is 62.1 g/mol. The molecule has 0 atom stereocenters. The fraction of sp³-hybridized carbons (Fsp3) is 1.00. The van der Waals surface area contributed by atoms with Gasteiger partial charge in [-0.25, -0.2) is 0 Å². The van der Waals surface area contributed by atoms with Gasteiger partial charge in [-0.1, -0.05) is 0 Å². The zero-order valence-electron chi connectivity index (χ0n) is 3.21. The SMILES string of the molecule is CNC.N. The van der Waals surface area contributed by atoms with E-state index in [2.05, 4.69) is 5.32 Å². The Morgan fingerprint density at radius 1 is 1.25 bits per heavy atom. The highest BCUT2D eigenvalue weighted by molar-refractivity contribution is 3.91. The summed E-state index contributed by atoms with van der Waals surface area (Å²) < 4.78 is 0. The summed E-state index contributed by atoms with van der Waals surface area (Å²) in [7, 11) is 3.75. The molecule has 0 unspecified atom stereocenters. The van der Waals surface area contributed by atoms with E-state index in [-0.39, 0.29) is 6.15 Å². The first-order chi connectivity index (χ1) is 1.41. The Morgan fingerprint density at radius 2 is 1.25 bits per heavy atom. The highest BCUT2D eigenvalue weighted by Gasteiger charge is 1.25. The van der Waals surface area contributed by atoms with Gasteiger partial charge in [0.15, 0.2) is 0 Å². The van der Waals surface area contributed by atoms with Crippen LogP contribution in [0.25, 0.3) is 0 Å². The molecule has 28 valence electrons. The molecule has 0 aliphatic rings. The Bertz CT molecular complexity index is 4.00. The highest BCUT2D eigenvalue weighted by atomic mass is 14.7. The molecule has 0 radical (unpaired) electrons. The van der Waals surface area contributed by atoms with Crippen LogP contribution in [0, 0.1) is 0 Å². The van der Waals surface area contributed by atoms with Gasteiger partial charge in [-0.05, 0) is 14.1 Å². The molecule has 0 heterocycles. The highest BCUT2D eigenvalue weighted by Crippen LogP contribution is 0.981. The van der Waals surface area contributed by atoms with E-state index < -0.39 is 0 Å². The summed E-state index contributed by atoms with van der Waals surface area (Å²) in [6.45, 7) is 0. The molecular weight excluding hydrogens is 52.0 g/mol. The summed E-state index contributed by atoms with van der Waals surface area (Å²) in [5.41, 5.74) is 0. The summed E-state index contributed by atoms with van der Waals surface area (Å²) in [6.07, 6.45) is 0. The predicted molar refractivity (Wildman–Crippen MR) is 20.0 cm³/mol. The monoisotopic (exact) mass is 62.1 g/mol. The zero-order valence-corrected chi connectivity index (χ0v) is 3.21. The van der Waals surface area contributed by atoms with Gasteiger partial charge in [0.1, 0.15) is 0 Å². The normalized spacial score (nSPS) is 4.50. The van der Waals surface area contributed by atoms with Crippen LogP contribution in [-0.4, -0.2) is 14.1 Å². The van der Waals surface area contributed by atoms with Gasteiger partial charge in [0.25, 0.3) is 0 Å². The lowest BCUT2D eigenvalue weighted by atomic mass is 11.3. The fourth-order valence-electron chi connectivity index (χ4n) is 0. The molecule has 4 heavy (non-hydrogen) atoms. The quantitative estimate of drug-likeness (QED) is 0.415. The van der Waals surface area contributed by atoms with Gasteiger partial charge < -0.3 is 11.5 Å². The first-order valence-electron chi connectivity index (χ1n) is 1.00. The van der Waals surface area contributed by atoms with Crippen molar-refractivity contribution in [3.63, 3.8) is 0 Å². The topological polar surface area (TPSA) is 47.0 Å². The molecular formula is C2H10N2. The second kappa shape index (κ2) is 12.7. The van der Waals surface area contributed by atoms with E-state index in [0.29, 0.717) is 0 Å². The van der Waals surface area contributed by atoms with Crippen LogP contribution in [0.4, 0.5) is 0 Å². The first kappa shape index (κ1) is 9.07. The van der Waals surface area contributed by atoms with Crippen LogP contribution in [0.1, 0.15) is 0 Å². The van der Waals surface area contributed by atoms with Crippen molar-refractivity contribution in [1.82, 2.24) is 11.5 Å². The van der Waals surface area contributed by atoms with Crippen LogP contribution in [-0.2, 0) is 0 Å². The van der Waals surface area contributed by atoms with Crippen LogP contribution < -0.4 is 11.5 Å². The lowest BCUT2D eigenvalue weighted by Crippen LogP contribution is -1.89. The van der Waals surface area contributed by atoms with Crippen LogP contribution in [0.3, 0.4) is 0 Å². The summed E-state index contributed by atoms with van der Waals surface area (Å²) in [4.78, 5) is 0. The molecule has 0 aromatic carbocycles. The molecule has 0 saturated carbocycles. The molecule has 0 aromatic rings. The molecule has 0 bridgehead atoms. The first-order valence-corrected chi connectivity index (χ1v) is 1.00. The Hall–Kier alpha value is -0.0800. The third-order valence-electron chi connectivity index (χ3n) is 0. The second-order valence-electron chi connectivity index (χ2n) is 0.500. The summed E-state index contributed by atoms with van der Waals surface area (Å²) in [6, 6.07) is 0. The zero-order chi connectivity index (χ0) is 2.71. The minimum absolute atomic E-state index is 0. The number of rotatable bonds is 0. The van der Waals surface area contributed by atoms with Gasteiger partial charge in [0.05, 0.1) is 0 Å². The van der Waals surface area contributed by atoms with Crippen LogP contribution in [0.2, 0.25) is 0 Å². The largest absolute Gasteiger partial charge is 0.344 e. The molecule has 2 heteroatoms. The van der Waals surface area contributed by atoms with E-state index in [1.165, 1.54) is 0 Å². The maximum Gasteiger partial charge on any atom is -0.0167 e. The fourth-order valence-corrected chi connectivity index (χ4v) is 0. The van der Waals surface area contributed by atoms with Crippen molar-refractivity contribution < 1.29 is 0 Å². The van der Waals surface area contributed by atoms with E-state index >= 15 is 0 Å². The van der Waals surface area contributed by atoms with Crippen molar-refractivity contribution in [3.8, 4) is 0 Å². The molecule has 0 saturated heterocycles. The Balaban J connectivity index is 0. The summed E-state index contributed by atoms with van der Waals surface area (Å²) in [5.74, 6) is 0. The Labute approximate surface area is 26.8 Å². The minimum Gasteiger partial charge on any atom is -0.344 e. The molecule has 0 aliphatic heterocycles. The molecule has 0 fully saturated rings. The lowest BCUT2D eigenvalue weighted by molar-refractivity contribution is 1.02. The molecule has 0 amide bonds. The van der Waals surface area contributed by atoms with Crippen molar-refractivity contribution in [2.24, 2.45) is 0 Å². The van der Waals surface area contributed by atoms with Crippen molar-refractivity contribution in [3.05, 3.63) is 0 Å². The third kappa shape index (κ3) is 254. The molecule has 0 rings (SSSR count). The van der Waals surface area contributed by atoms with Crippen molar-refractivity contribution >= 4 is 0 Å². The molecule has 4 N–H and O–H groups in total. The smallest absolute Gasteiger partial charge is 0.0167 e. The maximum atomic E-state index is 2.75. The molecule has 0 spiro atoms. The van der Waals surface area contributed by atoms with Crippen LogP contribution in [0.5, 0.6) is 0 Å². The predicted octanol–water partition coefficient (Wildman–Crippen LogP) is -0.00240. The van der Waals surface area contributed by atoms with E-state index in [1.54, 1.807) is 0 Å². The number of nitrogens with one attached hydrogen (secondary N) is 1. The van der Waals surface area contributed by atoms with E-state index in [9.17, 15) is 0 Å². The van der Waals surface area contributed by atoms with Crippen LogP contribution in [0.15, 0.2) is 0 Å². The van der Waals surface area contributed by atoms with Crippen molar-refractivity contribution in [2.45, 2.75) is 0 Å². The maximum absolute atomic E-state index is 2.75. The molecule has 0 aliphatic carbocycles. The van der Waals surface area contributed by atoms with Crippen molar-refractivity contribution in [2.75, 3.05) is 14.1 Å². The lowest BCUT2D eigenvalue weighted by Gasteiger charge is -1.59. The summed E-state index contributed by atoms with van der Waals surface area (Å²) >= 11 is 0. The van der Waals surface area contributed by atoms with Gasteiger partial charge >= 0.3 is 0 Å². The third-order valence-corrected chi connectivity index (χ3v) is 0. The summed E-state index contributed by atoms with van der Waals surface area (Å²) in [5, 5.41) is 2.75. The second-order valence-corrected chi connectivity index (χ2v) is 0.500. The van der Waals surface area contributed by atoms with Crippen molar-refractivity contribution in [1.29, 1.82) is 0 Å². The van der Waals surface area contributed by atoms with Gasteiger partial charge in [0, 0.05) is 0 Å². The van der Waals surface area contributed by atoms with Gasteiger partial charge in [-0.3, -0.25) is 0 Å². The average Bonchev–Trinajstić information content (AvgIpc) is 0.918. The Morgan fingerprint density at radius 3 is 1.25 bits per heavy atom. The van der Waals surface area contributed by atoms with E-state index in [1.807, 2.05) is 14.1 Å². The van der Waals surface area contributed by atoms with Gasteiger partial charge in [-0.15, -0.1) is 0 Å². The van der Waals surface area contributed by atoms with E-state index in [4.69, 9.17) is 0 Å². The molecule has 2 nitrogen and oxygen atoms in total. The minimum atomic E-state index is 0. The van der Waals surface area contributed by atoms with Gasteiger partial charge in [-0.2, -0.15) is 0 Å². The number of hydrogen-bond donors (Lipinski definition) is 2. The van der Waals surface area contributed by atoms with Crippen LogP contribution >= 0.6 is 0 Å². The van der Waals surface area contributed by atoms with Gasteiger partial charge in [0.2, 0.25) is 0 Å². The van der Waals surface area contributed by atoms with E-state index in [0.717, 1.165) is 0 Å². The number of hydrogen-bond acceptors (Lipinski definition) is 2.